The Morgan fingerprint density at radius 2 is 2.47 bits per heavy atom. The molecule has 1 aliphatic rings. The van der Waals surface area contributed by atoms with Crippen molar-refractivity contribution in [2.45, 2.75) is 19.1 Å². The number of carbonyl (C=O) groups is 1. The van der Waals surface area contributed by atoms with E-state index in [1.165, 1.54) is 16.8 Å². The number of hydrogen-bond donors (Lipinski definition) is 2. The molecule has 7 heteroatoms. The Kier molecular flexibility index (Phi) is 4.86. The van der Waals surface area contributed by atoms with Gasteiger partial charge in [-0.15, -0.1) is 0 Å². The van der Waals surface area contributed by atoms with E-state index in [4.69, 9.17) is 4.74 Å². The zero-order valence-corrected chi connectivity index (χ0v) is 10.4. The van der Waals surface area contributed by atoms with Gasteiger partial charge in [-0.25, -0.2) is 8.78 Å². The molecule has 1 amide bonds. The van der Waals surface area contributed by atoms with E-state index in [0.29, 0.717) is 19.7 Å². The maximum absolute atomic E-state index is 12.3. The van der Waals surface area contributed by atoms with Crippen molar-refractivity contribution < 1.29 is 18.3 Å². The molecule has 1 atom stereocenters. The highest BCUT2D eigenvalue weighted by Gasteiger charge is 2.17. The van der Waals surface area contributed by atoms with Crippen LogP contribution in [0.5, 0.6) is 0 Å². The van der Waals surface area contributed by atoms with Crippen LogP contribution in [0.25, 0.3) is 0 Å². The van der Waals surface area contributed by atoms with Crippen molar-refractivity contribution in [3.05, 3.63) is 24.0 Å². The lowest BCUT2D eigenvalue weighted by Gasteiger charge is -2.23. The Morgan fingerprint density at radius 1 is 1.63 bits per heavy atom. The third-order valence-corrected chi connectivity index (χ3v) is 2.89. The fourth-order valence-corrected chi connectivity index (χ4v) is 1.98. The number of nitrogens with zero attached hydrogens (tertiary/aromatic N) is 1. The summed E-state index contributed by atoms with van der Waals surface area (Å²) in [7, 11) is 0. The van der Waals surface area contributed by atoms with E-state index in [-0.39, 0.29) is 17.7 Å². The van der Waals surface area contributed by atoms with Crippen LogP contribution in [0, 0.1) is 0 Å². The number of hydrogen-bond acceptors (Lipinski definition) is 3. The van der Waals surface area contributed by atoms with Gasteiger partial charge in [0.1, 0.15) is 5.69 Å². The van der Waals surface area contributed by atoms with Crippen LogP contribution in [0.4, 0.5) is 8.78 Å². The van der Waals surface area contributed by atoms with Gasteiger partial charge in [-0.2, -0.15) is 0 Å². The van der Waals surface area contributed by atoms with Crippen LogP contribution >= 0.6 is 0 Å². The molecule has 2 rings (SSSR count). The minimum absolute atomic E-state index is 0.0730. The fraction of sp³-hybridized carbons (Fsp3) is 0.583. The van der Waals surface area contributed by atoms with Crippen LogP contribution in [0.2, 0.25) is 0 Å². The molecule has 1 saturated heterocycles. The first-order valence-corrected chi connectivity index (χ1v) is 6.20. The second-order valence-electron chi connectivity index (χ2n) is 4.34. The van der Waals surface area contributed by atoms with Gasteiger partial charge in [0.05, 0.1) is 19.3 Å². The molecule has 0 aromatic carbocycles. The van der Waals surface area contributed by atoms with Crippen LogP contribution in [-0.2, 0) is 11.3 Å². The standard InChI is InChI=1S/C12H17F2N3O2/c13-11(14)8-17-4-1-2-10(17)12(18)16-7-9-6-15-3-5-19-9/h1-2,4,9,11,15H,3,5-8H2,(H,16,18). The van der Waals surface area contributed by atoms with E-state index in [2.05, 4.69) is 10.6 Å². The molecule has 0 spiro atoms. The van der Waals surface area contributed by atoms with Crippen molar-refractivity contribution in [1.29, 1.82) is 0 Å². The van der Waals surface area contributed by atoms with Crippen LogP contribution in [0.15, 0.2) is 18.3 Å². The highest BCUT2D eigenvalue weighted by Crippen LogP contribution is 2.06. The molecule has 2 heterocycles. The topological polar surface area (TPSA) is 55.3 Å². The van der Waals surface area contributed by atoms with Gasteiger partial charge in [-0.3, -0.25) is 4.79 Å². The quantitative estimate of drug-likeness (QED) is 0.820. The summed E-state index contributed by atoms with van der Waals surface area (Å²) in [5.74, 6) is -0.361. The van der Waals surface area contributed by atoms with E-state index in [1.807, 2.05) is 0 Å². The summed E-state index contributed by atoms with van der Waals surface area (Å²) in [5.41, 5.74) is 0.240. The Morgan fingerprint density at radius 3 is 3.16 bits per heavy atom. The van der Waals surface area contributed by atoms with Crippen LogP contribution in [-0.4, -0.2) is 49.2 Å². The van der Waals surface area contributed by atoms with Gasteiger partial charge >= 0.3 is 0 Å². The lowest BCUT2D eigenvalue weighted by atomic mass is 10.3. The van der Waals surface area contributed by atoms with E-state index in [9.17, 15) is 13.6 Å². The molecule has 1 aliphatic heterocycles. The average Bonchev–Trinajstić information content (AvgIpc) is 2.84. The van der Waals surface area contributed by atoms with Crippen molar-refractivity contribution >= 4 is 5.91 Å². The molecule has 1 aromatic heterocycles. The predicted molar refractivity (Wildman–Crippen MR) is 65.4 cm³/mol. The summed E-state index contributed by atoms with van der Waals surface area (Å²) in [6.45, 7) is 1.99. The second kappa shape index (κ2) is 6.63. The molecule has 1 fully saturated rings. The third kappa shape index (κ3) is 4.00. The van der Waals surface area contributed by atoms with Gasteiger partial charge in [0.25, 0.3) is 12.3 Å². The zero-order chi connectivity index (χ0) is 13.7. The minimum atomic E-state index is -2.48. The summed E-state index contributed by atoms with van der Waals surface area (Å²) in [6.07, 6.45) is -1.08. The first-order valence-electron chi connectivity index (χ1n) is 6.20. The van der Waals surface area contributed by atoms with Crippen molar-refractivity contribution in [3.63, 3.8) is 0 Å². The van der Waals surface area contributed by atoms with Crippen molar-refractivity contribution in [2.24, 2.45) is 0 Å². The zero-order valence-electron chi connectivity index (χ0n) is 10.4. The summed E-state index contributed by atoms with van der Waals surface area (Å²) >= 11 is 0. The Balaban J connectivity index is 1.87. The molecule has 1 aromatic rings. The van der Waals surface area contributed by atoms with Gasteiger partial charge < -0.3 is 19.9 Å². The van der Waals surface area contributed by atoms with Gasteiger partial charge in [-0.05, 0) is 12.1 Å². The smallest absolute Gasteiger partial charge is 0.267 e. The number of alkyl halides is 2. The van der Waals surface area contributed by atoms with E-state index < -0.39 is 13.0 Å². The SMILES string of the molecule is O=C(NCC1CNCCO1)c1cccn1CC(F)F. The number of nitrogens with one attached hydrogen (secondary N) is 2. The largest absolute Gasteiger partial charge is 0.374 e. The first-order chi connectivity index (χ1) is 9.16. The van der Waals surface area contributed by atoms with Gasteiger partial charge in [0, 0.05) is 25.8 Å². The first kappa shape index (κ1) is 14.0. The van der Waals surface area contributed by atoms with Crippen LogP contribution in [0.1, 0.15) is 10.5 Å². The molecule has 19 heavy (non-hydrogen) atoms. The molecule has 2 N–H and O–H groups in total. The van der Waals surface area contributed by atoms with Crippen molar-refractivity contribution in [2.75, 3.05) is 26.2 Å². The Hall–Kier alpha value is -1.47. The molecule has 0 bridgehead atoms. The van der Waals surface area contributed by atoms with Crippen molar-refractivity contribution in [3.8, 4) is 0 Å². The maximum atomic E-state index is 12.3. The molecule has 0 saturated carbocycles. The monoisotopic (exact) mass is 273 g/mol. The highest BCUT2D eigenvalue weighted by atomic mass is 19.3. The van der Waals surface area contributed by atoms with E-state index in [0.717, 1.165) is 6.54 Å². The van der Waals surface area contributed by atoms with Crippen molar-refractivity contribution in [1.82, 2.24) is 15.2 Å². The van der Waals surface area contributed by atoms with Crippen LogP contribution in [0.3, 0.4) is 0 Å². The maximum Gasteiger partial charge on any atom is 0.267 e. The molecule has 0 radical (unpaired) electrons. The number of morpholine rings is 1. The summed E-state index contributed by atoms with van der Waals surface area (Å²) in [5, 5.41) is 5.85. The number of halogens is 2. The summed E-state index contributed by atoms with van der Waals surface area (Å²) in [6, 6.07) is 3.10. The molecular formula is C12H17F2N3O2. The number of aromatic nitrogens is 1. The molecular weight excluding hydrogens is 256 g/mol. The predicted octanol–water partition coefficient (Wildman–Crippen LogP) is 0.471. The number of carbonyl (C=O) groups excluding carboxylic acids is 1. The van der Waals surface area contributed by atoms with E-state index in [1.54, 1.807) is 6.07 Å². The molecule has 106 valence electrons. The van der Waals surface area contributed by atoms with Gasteiger partial charge in [0.15, 0.2) is 0 Å². The highest BCUT2D eigenvalue weighted by molar-refractivity contribution is 5.92. The minimum Gasteiger partial charge on any atom is -0.374 e. The second-order valence-corrected chi connectivity index (χ2v) is 4.34. The lowest BCUT2D eigenvalue weighted by Crippen LogP contribution is -2.45. The van der Waals surface area contributed by atoms with Gasteiger partial charge in [0.2, 0.25) is 0 Å². The normalized spacial score (nSPS) is 19.6. The number of amides is 1. The summed E-state index contributed by atoms with van der Waals surface area (Å²) in [4.78, 5) is 11.9. The Labute approximate surface area is 109 Å². The van der Waals surface area contributed by atoms with Gasteiger partial charge in [-0.1, -0.05) is 0 Å². The Bertz CT molecular complexity index is 417. The lowest BCUT2D eigenvalue weighted by molar-refractivity contribution is 0.0286. The summed E-state index contributed by atoms with van der Waals surface area (Å²) < 4.78 is 31.4. The molecule has 0 aliphatic carbocycles. The number of ether oxygens (including phenoxy) is 1. The third-order valence-electron chi connectivity index (χ3n) is 2.89. The average molecular weight is 273 g/mol. The number of rotatable bonds is 5. The fourth-order valence-electron chi connectivity index (χ4n) is 1.98. The van der Waals surface area contributed by atoms with E-state index >= 15 is 0 Å². The molecule has 5 nitrogen and oxygen atoms in total. The molecule has 1 unspecified atom stereocenters. The van der Waals surface area contributed by atoms with Crippen LogP contribution < -0.4 is 10.6 Å².